The number of methoxy groups -OCH3 is 1. The van der Waals surface area contributed by atoms with Gasteiger partial charge in [0.25, 0.3) is 11.7 Å². The van der Waals surface area contributed by atoms with E-state index in [-0.39, 0.29) is 26.9 Å². The Kier molecular flexibility index (Phi) is 7.66. The minimum absolute atomic E-state index is 0.104. The Bertz CT molecular complexity index is 1370. The third-order valence-corrected chi connectivity index (χ3v) is 6.56. The number of nitrogens with zero attached hydrogens (tertiary/aromatic N) is 2. The zero-order valence-electron chi connectivity index (χ0n) is 20.8. The monoisotopic (exact) mass is 540 g/mol. The van der Waals surface area contributed by atoms with Gasteiger partial charge >= 0.3 is 0 Å². The highest BCUT2D eigenvalue weighted by Crippen LogP contribution is 2.45. The Morgan fingerprint density at radius 2 is 1.68 bits per heavy atom. The minimum atomic E-state index is -0.920. The molecule has 0 aliphatic carbocycles. The van der Waals surface area contributed by atoms with E-state index in [0.29, 0.717) is 23.6 Å². The van der Waals surface area contributed by atoms with Crippen molar-refractivity contribution in [2.24, 2.45) is 0 Å². The van der Waals surface area contributed by atoms with Crippen molar-refractivity contribution in [1.29, 1.82) is 0 Å². The van der Waals surface area contributed by atoms with Crippen LogP contribution in [0.4, 0.5) is 11.4 Å². The smallest absolute Gasteiger partial charge is 0.300 e. The molecule has 3 aromatic rings. The number of rotatable bonds is 7. The number of aliphatic hydroxyl groups excluding tert-OH is 1. The van der Waals surface area contributed by atoms with Gasteiger partial charge < -0.3 is 19.5 Å². The maximum atomic E-state index is 13.5. The molecule has 1 atom stereocenters. The van der Waals surface area contributed by atoms with Gasteiger partial charge in [-0.1, -0.05) is 35.3 Å². The van der Waals surface area contributed by atoms with Gasteiger partial charge in [0.15, 0.2) is 0 Å². The van der Waals surface area contributed by atoms with E-state index in [1.54, 1.807) is 24.3 Å². The standard InChI is InChI=1S/C28H26Cl2N2O5/c1-5-37-20-12-10-19(11-13-20)32-24(16-6-8-18(9-7-16)31(2)3)23(26(34)28(32)35)25(33)21-14-17(29)15-22(30)27(21)36-4/h6-15,24,33H,5H2,1-4H3/b25-23+. The van der Waals surface area contributed by atoms with Gasteiger partial charge in [-0.15, -0.1) is 0 Å². The molecule has 4 rings (SSSR count). The summed E-state index contributed by atoms with van der Waals surface area (Å²) < 4.78 is 10.9. The predicted octanol–water partition coefficient (Wildman–Crippen LogP) is 6.09. The molecule has 1 aliphatic rings. The number of halogens is 2. The molecule has 7 nitrogen and oxygen atoms in total. The van der Waals surface area contributed by atoms with E-state index in [1.165, 1.54) is 24.1 Å². The quantitative estimate of drug-likeness (QED) is 0.222. The number of aliphatic hydroxyl groups is 1. The van der Waals surface area contributed by atoms with Crippen LogP contribution in [0.5, 0.6) is 11.5 Å². The number of amides is 1. The van der Waals surface area contributed by atoms with Crippen LogP contribution in [0, 0.1) is 0 Å². The number of ketones is 1. The van der Waals surface area contributed by atoms with Crippen LogP contribution in [0.15, 0.2) is 66.2 Å². The third kappa shape index (κ3) is 4.97. The number of hydrogen-bond donors (Lipinski definition) is 1. The molecule has 1 saturated heterocycles. The molecule has 1 heterocycles. The summed E-state index contributed by atoms with van der Waals surface area (Å²) in [6, 6.07) is 16.3. The molecule has 0 bridgehead atoms. The first kappa shape index (κ1) is 26.4. The first-order chi connectivity index (χ1) is 17.7. The van der Waals surface area contributed by atoms with Crippen LogP contribution >= 0.6 is 23.2 Å². The van der Waals surface area contributed by atoms with Gasteiger partial charge in [0.2, 0.25) is 0 Å². The molecule has 1 aliphatic heterocycles. The van der Waals surface area contributed by atoms with E-state index in [2.05, 4.69) is 0 Å². The fraction of sp³-hybridized carbons (Fsp3) is 0.214. The van der Waals surface area contributed by atoms with Gasteiger partial charge in [0, 0.05) is 30.5 Å². The van der Waals surface area contributed by atoms with Crippen LogP contribution in [-0.2, 0) is 9.59 Å². The molecule has 0 radical (unpaired) electrons. The van der Waals surface area contributed by atoms with E-state index < -0.39 is 23.5 Å². The fourth-order valence-corrected chi connectivity index (χ4v) is 4.90. The highest BCUT2D eigenvalue weighted by Gasteiger charge is 2.47. The number of benzene rings is 3. The summed E-state index contributed by atoms with van der Waals surface area (Å²) in [6.45, 7) is 2.37. The van der Waals surface area contributed by atoms with Crippen molar-refractivity contribution in [2.75, 3.05) is 37.6 Å². The normalized spacial score (nSPS) is 16.7. The number of anilines is 2. The van der Waals surface area contributed by atoms with Crippen LogP contribution < -0.4 is 19.3 Å². The van der Waals surface area contributed by atoms with Crippen molar-refractivity contribution < 1.29 is 24.2 Å². The number of Topliss-reactive ketones (excluding diaryl/α,β-unsaturated/α-hetero) is 1. The SMILES string of the molecule is CCOc1ccc(N2C(=O)C(=O)/C(=C(/O)c3cc(Cl)cc(Cl)c3OC)C2c2ccc(N(C)C)cc2)cc1. The first-order valence-electron chi connectivity index (χ1n) is 11.5. The molecule has 0 spiro atoms. The van der Waals surface area contributed by atoms with Crippen LogP contribution in [0.25, 0.3) is 5.76 Å². The van der Waals surface area contributed by atoms with Gasteiger partial charge in [-0.25, -0.2) is 0 Å². The van der Waals surface area contributed by atoms with Crippen molar-refractivity contribution in [1.82, 2.24) is 0 Å². The zero-order chi connectivity index (χ0) is 26.9. The topological polar surface area (TPSA) is 79.3 Å². The molecule has 1 unspecified atom stereocenters. The zero-order valence-corrected chi connectivity index (χ0v) is 22.3. The van der Waals surface area contributed by atoms with Crippen LogP contribution in [0.3, 0.4) is 0 Å². The Balaban J connectivity index is 1.95. The van der Waals surface area contributed by atoms with Gasteiger partial charge in [-0.2, -0.15) is 0 Å². The summed E-state index contributed by atoms with van der Waals surface area (Å²) in [5.74, 6) is -1.29. The average Bonchev–Trinajstić information content (AvgIpc) is 3.14. The summed E-state index contributed by atoms with van der Waals surface area (Å²) in [4.78, 5) is 30.2. The lowest BCUT2D eigenvalue weighted by atomic mass is 9.94. The second-order valence-electron chi connectivity index (χ2n) is 8.55. The predicted molar refractivity (Wildman–Crippen MR) is 146 cm³/mol. The highest BCUT2D eigenvalue weighted by molar-refractivity contribution is 6.52. The molecule has 0 saturated carbocycles. The van der Waals surface area contributed by atoms with Crippen molar-refractivity contribution in [2.45, 2.75) is 13.0 Å². The van der Waals surface area contributed by atoms with E-state index in [4.69, 9.17) is 32.7 Å². The Labute approximate surface area is 225 Å². The van der Waals surface area contributed by atoms with E-state index in [0.717, 1.165) is 5.69 Å². The largest absolute Gasteiger partial charge is 0.507 e. The Morgan fingerprint density at radius 3 is 2.24 bits per heavy atom. The van der Waals surface area contributed by atoms with Gasteiger partial charge in [0.05, 0.1) is 35.9 Å². The maximum Gasteiger partial charge on any atom is 0.300 e. The van der Waals surface area contributed by atoms with Gasteiger partial charge in [-0.05, 0) is 61.0 Å². The summed E-state index contributed by atoms with van der Waals surface area (Å²) in [5, 5.41) is 11.9. The lowest BCUT2D eigenvalue weighted by Crippen LogP contribution is -2.29. The van der Waals surface area contributed by atoms with Gasteiger partial charge in [0.1, 0.15) is 17.3 Å². The molecular formula is C28H26Cl2N2O5. The van der Waals surface area contributed by atoms with E-state index in [1.807, 2.05) is 50.2 Å². The van der Waals surface area contributed by atoms with Crippen molar-refractivity contribution in [3.63, 3.8) is 0 Å². The van der Waals surface area contributed by atoms with Crippen LogP contribution in [0.2, 0.25) is 10.0 Å². The lowest BCUT2D eigenvalue weighted by Gasteiger charge is -2.26. The van der Waals surface area contributed by atoms with Gasteiger partial charge in [-0.3, -0.25) is 14.5 Å². The number of carbonyl (C=O) groups excluding carboxylic acids is 2. The second kappa shape index (κ2) is 10.7. The van der Waals surface area contributed by atoms with Crippen molar-refractivity contribution in [3.8, 4) is 11.5 Å². The van der Waals surface area contributed by atoms with E-state index in [9.17, 15) is 14.7 Å². The average molecular weight is 541 g/mol. The molecule has 9 heteroatoms. The summed E-state index contributed by atoms with van der Waals surface area (Å²) in [7, 11) is 5.22. The molecular weight excluding hydrogens is 515 g/mol. The number of hydrogen-bond acceptors (Lipinski definition) is 6. The van der Waals surface area contributed by atoms with Crippen LogP contribution in [0.1, 0.15) is 24.1 Å². The molecule has 1 amide bonds. The molecule has 3 aromatic carbocycles. The third-order valence-electron chi connectivity index (χ3n) is 6.06. The molecule has 37 heavy (non-hydrogen) atoms. The molecule has 0 aromatic heterocycles. The fourth-order valence-electron chi connectivity index (χ4n) is 4.33. The van der Waals surface area contributed by atoms with Crippen molar-refractivity contribution >= 4 is 52.0 Å². The van der Waals surface area contributed by atoms with Crippen molar-refractivity contribution in [3.05, 3.63) is 87.4 Å². The molecule has 1 N–H and O–H groups in total. The Morgan fingerprint density at radius 1 is 1.03 bits per heavy atom. The van der Waals surface area contributed by atoms with E-state index >= 15 is 0 Å². The Hall–Kier alpha value is -3.68. The number of carbonyl (C=O) groups is 2. The highest BCUT2D eigenvalue weighted by atomic mass is 35.5. The number of ether oxygens (including phenoxy) is 2. The maximum absolute atomic E-state index is 13.5. The minimum Gasteiger partial charge on any atom is -0.507 e. The summed E-state index contributed by atoms with van der Waals surface area (Å²) >= 11 is 12.5. The lowest BCUT2D eigenvalue weighted by molar-refractivity contribution is -0.132. The van der Waals surface area contributed by atoms with Crippen LogP contribution in [-0.4, -0.2) is 44.6 Å². The first-order valence-corrected chi connectivity index (χ1v) is 12.3. The molecule has 1 fully saturated rings. The second-order valence-corrected chi connectivity index (χ2v) is 9.39. The molecule has 192 valence electrons. The summed E-state index contributed by atoms with van der Waals surface area (Å²) in [6.07, 6.45) is 0. The summed E-state index contributed by atoms with van der Waals surface area (Å²) in [5.41, 5.74) is 2.05.